The molecule has 8 nitrogen and oxygen atoms in total. The van der Waals surface area contributed by atoms with E-state index in [0.29, 0.717) is 30.6 Å². The highest BCUT2D eigenvalue weighted by molar-refractivity contribution is 6.07. The Morgan fingerprint density at radius 2 is 1.69 bits per heavy atom. The summed E-state index contributed by atoms with van der Waals surface area (Å²) in [4.78, 5) is 19.8. The molecule has 222 valence electrons. The number of carbonyl (C=O) groups is 1. The number of para-hydroxylation sites is 1. The molecule has 2 N–H and O–H groups in total. The van der Waals surface area contributed by atoms with Crippen LogP contribution in [0.2, 0.25) is 0 Å². The zero-order valence-electron chi connectivity index (χ0n) is 24.6. The van der Waals surface area contributed by atoms with E-state index in [1.54, 1.807) is 13.3 Å². The lowest BCUT2D eigenvalue weighted by atomic mass is 10.0. The number of benzene rings is 3. The predicted octanol–water partition coefficient (Wildman–Crippen LogP) is 5.07. The van der Waals surface area contributed by atoms with Crippen molar-refractivity contribution < 1.29 is 18.3 Å². The van der Waals surface area contributed by atoms with Gasteiger partial charge in [0.1, 0.15) is 11.6 Å². The predicted molar refractivity (Wildman–Crippen MR) is 163 cm³/mol. The quantitative estimate of drug-likeness (QED) is 0.275. The molecule has 0 aliphatic carbocycles. The first-order valence-electron chi connectivity index (χ1n) is 14.2. The first-order valence-corrected chi connectivity index (χ1v) is 14.2. The number of hydrogen-bond acceptors (Lipinski definition) is 6. The van der Waals surface area contributed by atoms with E-state index in [0.717, 1.165) is 60.1 Å². The largest absolute Gasteiger partial charge is 0.382 e. The van der Waals surface area contributed by atoms with Crippen LogP contribution in [0.3, 0.4) is 0 Å². The highest BCUT2D eigenvalue weighted by atomic mass is 19.1. The van der Waals surface area contributed by atoms with Gasteiger partial charge in [-0.05, 0) is 81.3 Å². The lowest BCUT2D eigenvalue weighted by Gasteiger charge is -2.37. The topological polar surface area (TPSA) is 74.7 Å². The van der Waals surface area contributed by atoms with Crippen LogP contribution in [0.4, 0.5) is 20.2 Å². The van der Waals surface area contributed by atoms with E-state index in [-0.39, 0.29) is 11.4 Å². The van der Waals surface area contributed by atoms with Crippen molar-refractivity contribution in [2.75, 3.05) is 62.6 Å². The average Bonchev–Trinajstić information content (AvgIpc) is 3.33. The molecule has 10 heteroatoms. The highest BCUT2D eigenvalue weighted by Crippen LogP contribution is 2.33. The highest BCUT2D eigenvalue weighted by Gasteiger charge is 2.27. The van der Waals surface area contributed by atoms with Crippen LogP contribution in [0, 0.1) is 11.6 Å². The maximum Gasteiger partial charge on any atom is 0.273 e. The van der Waals surface area contributed by atoms with Gasteiger partial charge in [0.2, 0.25) is 0 Å². The van der Waals surface area contributed by atoms with Crippen LogP contribution in [-0.2, 0) is 17.6 Å². The van der Waals surface area contributed by atoms with E-state index < -0.39 is 11.6 Å². The molecule has 2 heterocycles. The minimum absolute atomic E-state index is 0.265. The van der Waals surface area contributed by atoms with E-state index in [2.05, 4.69) is 46.5 Å². The molecule has 1 aromatic heterocycles. The second-order valence-electron chi connectivity index (χ2n) is 11.6. The fraction of sp³-hybridized carbons (Fsp3) is 0.375. The monoisotopic (exact) mass is 576 g/mol. The first-order chi connectivity index (χ1) is 20.1. The molecular weight excluding hydrogens is 538 g/mol. The van der Waals surface area contributed by atoms with E-state index in [1.165, 1.54) is 16.9 Å². The Balaban J connectivity index is 1.38. The van der Waals surface area contributed by atoms with Crippen molar-refractivity contribution in [3.05, 3.63) is 89.1 Å². The Morgan fingerprint density at radius 3 is 2.40 bits per heavy atom. The summed E-state index contributed by atoms with van der Waals surface area (Å²) in [5, 5.41) is 8.88. The third kappa shape index (κ3) is 6.88. The number of halogens is 2. The summed E-state index contributed by atoms with van der Waals surface area (Å²) in [5.74, 6) is -1.42. The fourth-order valence-electron chi connectivity index (χ4n) is 5.49. The van der Waals surface area contributed by atoms with Crippen LogP contribution in [0.15, 0.2) is 60.8 Å². The number of hydrogen-bond donors (Lipinski definition) is 2. The summed E-state index contributed by atoms with van der Waals surface area (Å²) in [5.41, 5.74) is 7.28. The lowest BCUT2D eigenvalue weighted by Crippen LogP contribution is -2.46. The van der Waals surface area contributed by atoms with Crippen molar-refractivity contribution in [1.29, 1.82) is 0 Å². The molecule has 1 amide bonds. The van der Waals surface area contributed by atoms with Crippen LogP contribution < -0.4 is 15.6 Å². The smallest absolute Gasteiger partial charge is 0.273 e. The number of nitrogens with zero attached hydrogens (tertiary/aromatic N) is 4. The van der Waals surface area contributed by atoms with Gasteiger partial charge in [-0.15, -0.1) is 0 Å². The number of piperazine rings is 1. The Kier molecular flexibility index (Phi) is 8.74. The molecule has 1 aliphatic rings. The Bertz CT molecular complexity index is 1540. The van der Waals surface area contributed by atoms with Crippen molar-refractivity contribution in [1.82, 2.24) is 14.8 Å². The number of aromatic nitrogens is 2. The summed E-state index contributed by atoms with van der Waals surface area (Å²) in [6, 6.07) is 15.2. The van der Waals surface area contributed by atoms with Gasteiger partial charge in [-0.1, -0.05) is 12.1 Å². The lowest BCUT2D eigenvalue weighted by molar-refractivity contribution is 0.101. The molecule has 0 bridgehead atoms. The molecule has 4 aromatic rings. The van der Waals surface area contributed by atoms with Crippen molar-refractivity contribution in [2.45, 2.75) is 32.2 Å². The van der Waals surface area contributed by atoms with Crippen LogP contribution >= 0.6 is 0 Å². The number of methoxy groups -OCH3 is 1. The fourth-order valence-corrected chi connectivity index (χ4v) is 5.49. The van der Waals surface area contributed by atoms with Crippen molar-refractivity contribution in [3.8, 4) is 0 Å². The molecule has 1 saturated heterocycles. The van der Waals surface area contributed by atoms with Crippen molar-refractivity contribution >= 4 is 28.2 Å². The number of rotatable bonds is 10. The van der Waals surface area contributed by atoms with Gasteiger partial charge in [0.05, 0.1) is 40.8 Å². The van der Waals surface area contributed by atoms with Crippen molar-refractivity contribution in [2.24, 2.45) is 0 Å². The molecule has 0 saturated carbocycles. The molecule has 0 radical (unpaired) electrons. The molecule has 1 aliphatic heterocycles. The Morgan fingerprint density at radius 1 is 0.976 bits per heavy atom. The van der Waals surface area contributed by atoms with E-state index >= 15 is 0 Å². The second-order valence-corrected chi connectivity index (χ2v) is 11.6. The van der Waals surface area contributed by atoms with E-state index in [1.807, 2.05) is 36.4 Å². The molecule has 5 rings (SSSR count). The number of likely N-dealkylation sites (N-methyl/N-ethyl adjacent to an activating group) is 1. The van der Waals surface area contributed by atoms with Crippen LogP contribution in [0.1, 0.15) is 35.3 Å². The molecule has 0 unspecified atom stereocenters. The Hall–Kier alpha value is -4.02. The molecular formula is C32H38F2N6O2. The zero-order chi connectivity index (χ0) is 29.9. The van der Waals surface area contributed by atoms with Crippen LogP contribution in [0.25, 0.3) is 10.9 Å². The molecule has 3 aromatic carbocycles. The van der Waals surface area contributed by atoms with Gasteiger partial charge < -0.3 is 19.9 Å². The number of ether oxygens (including phenoxy) is 1. The third-order valence-corrected chi connectivity index (χ3v) is 7.54. The number of fused-ring (bicyclic) bond motifs is 1. The molecule has 42 heavy (non-hydrogen) atoms. The average molecular weight is 577 g/mol. The minimum Gasteiger partial charge on any atom is -0.382 e. The van der Waals surface area contributed by atoms with Gasteiger partial charge in [-0.2, -0.15) is 9.89 Å². The first kappa shape index (κ1) is 29.5. The molecule has 1 fully saturated rings. The molecule has 0 spiro atoms. The van der Waals surface area contributed by atoms with Crippen LogP contribution in [0.5, 0.6) is 0 Å². The van der Waals surface area contributed by atoms with E-state index in [4.69, 9.17) is 4.74 Å². The second kappa shape index (κ2) is 12.5. The molecule has 0 atom stereocenters. The number of amides is 1. The van der Waals surface area contributed by atoms with Gasteiger partial charge in [0, 0.05) is 44.7 Å². The van der Waals surface area contributed by atoms with Gasteiger partial charge in [0.25, 0.3) is 5.91 Å². The summed E-state index contributed by atoms with van der Waals surface area (Å²) < 4.78 is 32.5. The summed E-state index contributed by atoms with van der Waals surface area (Å²) in [6.07, 6.45) is 2.82. The number of anilines is 2. The van der Waals surface area contributed by atoms with Gasteiger partial charge in [-0.3, -0.25) is 4.79 Å². The standard InChI is InChI=1S/C32H38F2N6O2/c1-32(2,21-42-4)36-28-7-5-6-27(30(28)39-14-12-38(3)13-15-39)31(41)37-40-29-11-10-22(16-24(29)20-35-40)8-9-23-17-25(33)19-26(34)18-23/h5-7,10-11,16-20,36H,8-9,12-15,21H2,1-4H3,(H,37,41). The number of carbonyl (C=O) groups excluding carboxylic acids is 1. The minimum atomic E-state index is -0.576. The van der Waals surface area contributed by atoms with E-state index in [9.17, 15) is 13.6 Å². The maximum atomic E-state index is 13.8. The summed E-state index contributed by atoms with van der Waals surface area (Å²) in [7, 11) is 3.78. The van der Waals surface area contributed by atoms with Gasteiger partial charge >= 0.3 is 0 Å². The zero-order valence-corrected chi connectivity index (χ0v) is 24.6. The van der Waals surface area contributed by atoms with Gasteiger partial charge in [0.15, 0.2) is 0 Å². The van der Waals surface area contributed by atoms with Crippen LogP contribution in [-0.4, -0.2) is 73.2 Å². The SMILES string of the molecule is COCC(C)(C)Nc1cccc(C(=O)Nn2ncc3cc(CCc4cc(F)cc(F)c4)ccc32)c1N1CCN(C)CC1. The van der Waals surface area contributed by atoms with Gasteiger partial charge in [-0.25, -0.2) is 14.2 Å². The maximum absolute atomic E-state index is 13.8. The number of aryl methyl sites for hydroxylation is 2. The normalized spacial score (nSPS) is 14.4. The summed E-state index contributed by atoms with van der Waals surface area (Å²) >= 11 is 0. The Labute approximate surface area is 245 Å². The van der Waals surface area contributed by atoms with Crippen molar-refractivity contribution in [3.63, 3.8) is 0 Å². The third-order valence-electron chi connectivity index (χ3n) is 7.54. The summed E-state index contributed by atoms with van der Waals surface area (Å²) in [6.45, 7) is 8.04. The number of nitrogens with one attached hydrogen (secondary N) is 2.